The van der Waals surface area contributed by atoms with Crippen molar-refractivity contribution >= 4 is 11.6 Å². The van der Waals surface area contributed by atoms with Gasteiger partial charge in [0, 0.05) is 5.69 Å². The van der Waals surface area contributed by atoms with Crippen molar-refractivity contribution in [3.63, 3.8) is 0 Å². The van der Waals surface area contributed by atoms with Gasteiger partial charge in [0.15, 0.2) is 0 Å². The summed E-state index contributed by atoms with van der Waals surface area (Å²) in [4.78, 5) is 12.1. The lowest BCUT2D eigenvalue weighted by atomic mass is 10.3. The molecule has 0 radical (unpaired) electrons. The predicted molar refractivity (Wildman–Crippen MR) is 103 cm³/mol. The van der Waals surface area contributed by atoms with Gasteiger partial charge in [0.1, 0.15) is 12.2 Å². The molecule has 3 aromatic rings. The van der Waals surface area contributed by atoms with Crippen LogP contribution in [-0.4, -0.2) is 15.0 Å². The molecule has 0 saturated carbocycles. The van der Waals surface area contributed by atoms with Crippen LogP contribution in [0.5, 0.6) is 0 Å². The van der Waals surface area contributed by atoms with E-state index in [9.17, 15) is 0 Å². The molecule has 0 amide bonds. The molecule has 24 heavy (non-hydrogen) atoms. The number of benzene rings is 2. The molecule has 0 aliphatic rings. The number of nitrogens with one attached hydrogen (secondary N) is 1. The van der Waals surface area contributed by atoms with E-state index in [4.69, 9.17) is 0 Å². The Morgan fingerprint density at radius 3 is 1.58 bits per heavy atom. The highest BCUT2D eigenvalue weighted by Crippen LogP contribution is 2.10. The first kappa shape index (κ1) is 21.2. The monoisotopic (exact) mass is 324 g/mol. The zero-order valence-corrected chi connectivity index (χ0v) is 15.3. The number of hydrogen-bond donors (Lipinski definition) is 1. The molecule has 128 valence electrons. The van der Waals surface area contributed by atoms with E-state index in [0.717, 1.165) is 5.69 Å². The third-order valence-corrected chi connectivity index (χ3v) is 2.39. The lowest BCUT2D eigenvalue weighted by molar-refractivity contribution is 0.982. The molecule has 0 atom stereocenters. The molecule has 1 heterocycles. The lowest BCUT2D eigenvalue weighted by Crippen LogP contribution is -1.99. The van der Waals surface area contributed by atoms with Crippen LogP contribution in [0.25, 0.3) is 0 Å². The fourth-order valence-electron chi connectivity index (χ4n) is 1.47. The van der Waals surface area contributed by atoms with Crippen molar-refractivity contribution in [2.24, 2.45) is 0 Å². The Morgan fingerprint density at radius 2 is 1.12 bits per heavy atom. The van der Waals surface area contributed by atoms with Crippen LogP contribution < -0.4 is 5.32 Å². The maximum Gasteiger partial charge on any atom is 0.230 e. The van der Waals surface area contributed by atoms with E-state index in [-0.39, 0.29) is 0 Å². The van der Waals surface area contributed by atoms with Gasteiger partial charge in [-0.15, -0.1) is 0 Å². The Balaban J connectivity index is 0.000000443. The van der Waals surface area contributed by atoms with Crippen LogP contribution in [-0.2, 0) is 0 Å². The highest BCUT2D eigenvalue weighted by Gasteiger charge is 1.96. The van der Waals surface area contributed by atoms with Gasteiger partial charge in [0.05, 0.1) is 0 Å². The quantitative estimate of drug-likeness (QED) is 0.660. The van der Waals surface area contributed by atoms with E-state index in [1.165, 1.54) is 6.33 Å². The number of hydrogen-bond acceptors (Lipinski definition) is 4. The molecule has 0 saturated heterocycles. The topological polar surface area (TPSA) is 50.7 Å². The lowest BCUT2D eigenvalue weighted by Gasteiger charge is -2.03. The minimum absolute atomic E-state index is 0.573. The summed E-state index contributed by atoms with van der Waals surface area (Å²) < 4.78 is 0. The molecule has 0 aliphatic carbocycles. The molecule has 4 heteroatoms. The number of rotatable bonds is 2. The predicted octanol–water partition coefficient (Wildman–Crippen LogP) is 5.66. The summed E-state index contributed by atoms with van der Waals surface area (Å²) in [5.41, 5.74) is 0.970. The normalized spacial score (nSPS) is 8.21. The van der Waals surface area contributed by atoms with E-state index in [1.807, 2.05) is 101 Å². The van der Waals surface area contributed by atoms with Gasteiger partial charge < -0.3 is 5.32 Å². The molecule has 0 aliphatic heterocycles. The third kappa shape index (κ3) is 10.1. The highest BCUT2D eigenvalue weighted by molar-refractivity contribution is 5.52. The summed E-state index contributed by atoms with van der Waals surface area (Å²) >= 11 is 0. The largest absolute Gasteiger partial charge is 0.324 e. The Bertz CT molecular complexity index is 586. The Morgan fingerprint density at radius 1 is 0.667 bits per heavy atom. The molecule has 0 bridgehead atoms. The van der Waals surface area contributed by atoms with E-state index in [2.05, 4.69) is 20.3 Å². The first-order chi connectivity index (χ1) is 11.8. The maximum absolute atomic E-state index is 4.14. The number of anilines is 2. The summed E-state index contributed by atoms with van der Waals surface area (Å²) in [6.45, 7) is 9.83. The first-order valence-corrected chi connectivity index (χ1v) is 8.32. The average molecular weight is 324 g/mol. The third-order valence-electron chi connectivity index (χ3n) is 2.39. The van der Waals surface area contributed by atoms with Crippen molar-refractivity contribution in [1.82, 2.24) is 15.0 Å². The van der Waals surface area contributed by atoms with E-state index in [0.29, 0.717) is 11.8 Å². The number of para-hydroxylation sites is 1. The Kier molecular flexibility index (Phi) is 13.4. The molecular weight excluding hydrogens is 296 g/mol. The van der Waals surface area contributed by atoms with Gasteiger partial charge in [0.2, 0.25) is 5.95 Å². The second-order valence-electron chi connectivity index (χ2n) is 4.00. The van der Waals surface area contributed by atoms with Crippen LogP contribution in [0.1, 0.15) is 33.5 Å². The van der Waals surface area contributed by atoms with Crippen molar-refractivity contribution < 1.29 is 0 Å². The average Bonchev–Trinajstić information content (AvgIpc) is 2.68. The zero-order valence-electron chi connectivity index (χ0n) is 15.3. The van der Waals surface area contributed by atoms with Gasteiger partial charge in [0.25, 0.3) is 0 Å². The van der Waals surface area contributed by atoms with Crippen molar-refractivity contribution in [3.05, 3.63) is 78.9 Å². The van der Waals surface area contributed by atoms with Gasteiger partial charge in [-0.3, -0.25) is 0 Å². The maximum atomic E-state index is 4.14. The van der Waals surface area contributed by atoms with Crippen LogP contribution in [0.4, 0.5) is 11.6 Å². The number of aromatic nitrogens is 3. The van der Waals surface area contributed by atoms with E-state index in [1.54, 1.807) is 0 Å². The summed E-state index contributed by atoms with van der Waals surface area (Å²) in [5, 5.41) is 3.08. The summed E-state index contributed by atoms with van der Waals surface area (Å²) in [7, 11) is 0. The summed E-state index contributed by atoms with van der Waals surface area (Å²) in [6, 6.07) is 21.8. The fourth-order valence-corrected chi connectivity index (χ4v) is 1.47. The van der Waals surface area contributed by atoms with Gasteiger partial charge >= 0.3 is 0 Å². The SMILES string of the molecule is CC.CC.Cc1ncnc(Nc2ccccc2)n1.c1ccccc1. The molecule has 1 aromatic heterocycles. The van der Waals surface area contributed by atoms with Crippen LogP contribution in [0.3, 0.4) is 0 Å². The summed E-state index contributed by atoms with van der Waals surface area (Å²) in [5.74, 6) is 1.28. The van der Waals surface area contributed by atoms with Crippen molar-refractivity contribution in [2.45, 2.75) is 34.6 Å². The summed E-state index contributed by atoms with van der Waals surface area (Å²) in [6.07, 6.45) is 1.49. The molecule has 3 rings (SSSR count). The van der Waals surface area contributed by atoms with Crippen molar-refractivity contribution in [1.29, 1.82) is 0 Å². The van der Waals surface area contributed by atoms with Crippen LogP contribution in [0.2, 0.25) is 0 Å². The minimum Gasteiger partial charge on any atom is -0.324 e. The molecule has 0 spiro atoms. The zero-order chi connectivity index (χ0) is 18.0. The highest BCUT2D eigenvalue weighted by atomic mass is 15.1. The number of nitrogens with zero attached hydrogens (tertiary/aromatic N) is 3. The van der Waals surface area contributed by atoms with Crippen LogP contribution >= 0.6 is 0 Å². The Hall–Kier alpha value is -2.75. The standard InChI is InChI=1S/C10H10N4.C6H6.2C2H6/c1-8-11-7-12-10(13-8)14-9-5-3-2-4-6-9;1-2-4-6-5-3-1;2*1-2/h2-7H,1H3,(H,11,12,13,14);1-6H;2*1-2H3. The molecule has 0 unspecified atom stereocenters. The van der Waals surface area contributed by atoms with Crippen LogP contribution in [0.15, 0.2) is 73.1 Å². The fraction of sp³-hybridized carbons (Fsp3) is 0.250. The number of aryl methyl sites for hydroxylation is 1. The first-order valence-electron chi connectivity index (χ1n) is 8.32. The minimum atomic E-state index is 0.573. The van der Waals surface area contributed by atoms with Gasteiger partial charge in [-0.1, -0.05) is 82.3 Å². The molecule has 2 aromatic carbocycles. The molecule has 4 nitrogen and oxygen atoms in total. The molecule has 0 fully saturated rings. The molecular formula is C20H28N4. The van der Waals surface area contributed by atoms with Crippen LogP contribution in [0, 0.1) is 6.92 Å². The smallest absolute Gasteiger partial charge is 0.230 e. The Labute approximate surface area is 146 Å². The van der Waals surface area contributed by atoms with E-state index < -0.39 is 0 Å². The van der Waals surface area contributed by atoms with Crippen molar-refractivity contribution in [3.8, 4) is 0 Å². The van der Waals surface area contributed by atoms with Gasteiger partial charge in [-0.25, -0.2) is 9.97 Å². The second kappa shape index (κ2) is 15.2. The van der Waals surface area contributed by atoms with Gasteiger partial charge in [-0.2, -0.15) is 4.98 Å². The van der Waals surface area contributed by atoms with Gasteiger partial charge in [-0.05, 0) is 19.1 Å². The van der Waals surface area contributed by atoms with Crippen molar-refractivity contribution in [2.75, 3.05) is 5.32 Å². The second-order valence-corrected chi connectivity index (χ2v) is 4.00. The molecule has 1 N–H and O–H groups in total. The van der Waals surface area contributed by atoms with E-state index >= 15 is 0 Å².